The number of fused-ring (bicyclic) bond motifs is 6. The van der Waals surface area contributed by atoms with Crippen molar-refractivity contribution in [3.63, 3.8) is 0 Å². The van der Waals surface area contributed by atoms with Gasteiger partial charge < -0.3 is 50.0 Å². The molecule has 5 rings (SSSR count). The second kappa shape index (κ2) is 7.94. The van der Waals surface area contributed by atoms with Crippen molar-refractivity contribution in [3.8, 4) is 0 Å². The van der Waals surface area contributed by atoms with Crippen LogP contribution in [0.5, 0.6) is 0 Å². The van der Waals surface area contributed by atoms with E-state index in [2.05, 4.69) is 0 Å². The molecule has 0 aromatic heterocycles. The van der Waals surface area contributed by atoms with Gasteiger partial charge in [0.1, 0.15) is 0 Å². The van der Waals surface area contributed by atoms with E-state index in [0.29, 0.717) is 0 Å². The summed E-state index contributed by atoms with van der Waals surface area (Å²) in [7, 11) is -19.7. The third-order valence-corrected chi connectivity index (χ3v) is 27.4. The van der Waals surface area contributed by atoms with Crippen molar-refractivity contribution < 1.29 is 50.0 Å². The molecule has 5 fully saturated rings. The molecule has 8 atom stereocenters. The van der Waals surface area contributed by atoms with Gasteiger partial charge in [-0.1, -0.05) is 27.7 Å². The monoisotopic (exact) mass is 496 g/mol. The summed E-state index contributed by atoms with van der Waals surface area (Å²) >= 11 is 0. The van der Waals surface area contributed by atoms with E-state index in [9.17, 15) is 0 Å². The first kappa shape index (κ1) is 19.6. The summed E-state index contributed by atoms with van der Waals surface area (Å²) in [5, 5.41) is -0.992. The molecule has 0 aromatic carbocycles. The van der Waals surface area contributed by atoms with Gasteiger partial charge in [-0.05, 0) is 0 Å². The van der Waals surface area contributed by atoms with Gasteiger partial charge in [-0.2, -0.15) is 0 Å². The zero-order valence-electron chi connectivity index (χ0n) is 14.0. The SMILES string of the molecule is CC.CC.O1[SiH]2O[SiH]3O[SiH]4O[SiH]1O[SiH]1O[SiH](O2)OC2(O4)[SiH](O1)O[SiH]2O3. The lowest BCUT2D eigenvalue weighted by atomic mass is 11.0. The summed E-state index contributed by atoms with van der Waals surface area (Å²) in [6, 6.07) is 0. The molecule has 0 aliphatic carbocycles. The molecule has 144 valence electrons. The third-order valence-electron chi connectivity index (χ3n) is 3.49. The summed E-state index contributed by atoms with van der Waals surface area (Å²) in [4.78, 5) is 0. The van der Waals surface area contributed by atoms with Gasteiger partial charge in [-0.15, -0.1) is 0 Å². The predicted molar refractivity (Wildman–Crippen MR) is 95.6 cm³/mol. The predicted octanol–water partition coefficient (Wildman–Crippen LogP) is -4.16. The Morgan fingerprint density at radius 3 is 1.12 bits per heavy atom. The van der Waals surface area contributed by atoms with Gasteiger partial charge in [0.25, 0.3) is 0 Å². The standard InChI is InChI=1S/2C2H6.CH8O12Si8/c2*1-2;2-1-3-17-8-19-6-15(1)4-14(1)5-18-7-16(2)9-20(12-19)13-21(10-17)11-18/h2*1-2H3;14-21H. The minimum absolute atomic E-state index is 0.992. The minimum atomic E-state index is -2.54. The Labute approximate surface area is 158 Å². The number of hydrogen-bond acceptors (Lipinski definition) is 12. The maximum Gasteiger partial charge on any atom is 0.471 e. The van der Waals surface area contributed by atoms with Crippen molar-refractivity contribution in [2.24, 2.45) is 0 Å². The molecule has 8 unspecified atom stereocenters. The molecule has 12 nitrogen and oxygen atoms in total. The normalized spacial score (nSPS) is 54.2. The maximum absolute atomic E-state index is 6.04. The van der Waals surface area contributed by atoms with E-state index in [4.69, 9.17) is 50.0 Å². The average Bonchev–Trinajstić information content (AvgIpc) is 2.72. The van der Waals surface area contributed by atoms with Crippen LogP contribution in [0, 0.1) is 0 Å². The smallest absolute Gasteiger partial charge is 0.414 e. The van der Waals surface area contributed by atoms with Crippen molar-refractivity contribution >= 4 is 75.7 Å². The Balaban J connectivity index is 0.000000369. The van der Waals surface area contributed by atoms with Gasteiger partial charge in [0, 0.05) is 0 Å². The lowest BCUT2D eigenvalue weighted by Crippen LogP contribution is -2.77. The molecule has 0 aromatic rings. The second-order valence-electron chi connectivity index (χ2n) is 4.71. The first-order chi connectivity index (χ1) is 12.3. The molecule has 0 radical (unpaired) electrons. The van der Waals surface area contributed by atoms with Crippen LogP contribution < -0.4 is 0 Å². The summed E-state index contributed by atoms with van der Waals surface area (Å²) < 4.78 is 70.1. The highest BCUT2D eigenvalue weighted by molar-refractivity contribution is 6.91. The molecular formula is C5H20O12Si8. The van der Waals surface area contributed by atoms with Crippen LogP contribution in [0.1, 0.15) is 27.7 Å². The van der Waals surface area contributed by atoms with E-state index in [-0.39, 0.29) is 0 Å². The fraction of sp³-hybridized carbons (Fsp3) is 1.00. The van der Waals surface area contributed by atoms with Crippen LogP contribution in [0.25, 0.3) is 0 Å². The van der Waals surface area contributed by atoms with Crippen molar-refractivity contribution in [1.82, 2.24) is 0 Å². The van der Waals surface area contributed by atoms with E-state index >= 15 is 0 Å². The number of hydrogen-bond donors (Lipinski definition) is 0. The lowest BCUT2D eigenvalue weighted by molar-refractivity contribution is -0.0835. The van der Waals surface area contributed by atoms with Crippen molar-refractivity contribution in [3.05, 3.63) is 0 Å². The highest BCUT2D eigenvalue weighted by Crippen LogP contribution is 2.42. The minimum Gasteiger partial charge on any atom is -0.414 e. The Bertz CT molecular complexity index is 448. The van der Waals surface area contributed by atoms with E-state index in [1.54, 1.807) is 0 Å². The molecule has 5 aliphatic rings. The zero-order chi connectivity index (χ0) is 17.6. The first-order valence-electron chi connectivity index (χ1n) is 8.17. The van der Waals surface area contributed by atoms with Crippen LogP contribution in [-0.4, -0.2) is 80.8 Å². The largest absolute Gasteiger partial charge is 0.471 e. The van der Waals surface area contributed by atoms with E-state index in [0.717, 1.165) is 0 Å². The van der Waals surface area contributed by atoms with Crippen LogP contribution >= 0.6 is 0 Å². The molecular weight excluding hydrogens is 477 g/mol. The topological polar surface area (TPSA) is 111 Å². The van der Waals surface area contributed by atoms with E-state index in [1.165, 1.54) is 0 Å². The third kappa shape index (κ3) is 3.41. The quantitative estimate of drug-likeness (QED) is 0.303. The molecule has 0 saturated carbocycles. The number of rotatable bonds is 0. The average molecular weight is 497 g/mol. The van der Waals surface area contributed by atoms with Crippen molar-refractivity contribution in [1.29, 1.82) is 0 Å². The molecule has 1 spiro atoms. The van der Waals surface area contributed by atoms with Crippen LogP contribution in [0.3, 0.4) is 0 Å². The van der Waals surface area contributed by atoms with Crippen LogP contribution in [0.15, 0.2) is 0 Å². The first-order valence-corrected chi connectivity index (χ1v) is 19.7. The summed E-state index contributed by atoms with van der Waals surface area (Å²) in [6.07, 6.45) is 0. The Hall–Kier alpha value is 1.26. The van der Waals surface area contributed by atoms with E-state index in [1.807, 2.05) is 27.7 Å². The molecule has 5 saturated heterocycles. The summed E-state index contributed by atoms with van der Waals surface area (Å²) in [5.74, 6) is 0. The fourth-order valence-electron chi connectivity index (χ4n) is 2.54. The second-order valence-corrected chi connectivity index (χ2v) is 23.1. The Morgan fingerprint density at radius 2 is 0.720 bits per heavy atom. The van der Waals surface area contributed by atoms with Crippen LogP contribution in [-0.2, 0) is 50.0 Å². The fourth-order valence-corrected chi connectivity index (χ4v) is 33.1. The highest BCUT2D eigenvalue weighted by Gasteiger charge is 2.74. The maximum atomic E-state index is 6.04. The van der Waals surface area contributed by atoms with Crippen LogP contribution in [0.4, 0.5) is 0 Å². The molecule has 0 amide bonds. The summed E-state index contributed by atoms with van der Waals surface area (Å²) in [5.41, 5.74) is 0. The lowest BCUT2D eigenvalue weighted by Gasteiger charge is -2.48. The molecule has 5 heterocycles. The van der Waals surface area contributed by atoms with Gasteiger partial charge in [-0.3, -0.25) is 0 Å². The molecule has 6 bridgehead atoms. The van der Waals surface area contributed by atoms with E-state index < -0.39 is 80.8 Å². The molecule has 25 heavy (non-hydrogen) atoms. The van der Waals surface area contributed by atoms with Crippen molar-refractivity contribution in [2.75, 3.05) is 0 Å². The van der Waals surface area contributed by atoms with Crippen LogP contribution in [0.2, 0.25) is 0 Å². The molecule has 20 heteroatoms. The van der Waals surface area contributed by atoms with Gasteiger partial charge in [0.15, 0.2) is 0 Å². The summed E-state index contributed by atoms with van der Waals surface area (Å²) in [6.45, 7) is 8.00. The zero-order valence-corrected chi connectivity index (χ0v) is 23.3. The van der Waals surface area contributed by atoms with Gasteiger partial charge in [-0.25, -0.2) is 0 Å². The van der Waals surface area contributed by atoms with Gasteiger partial charge in [0.2, 0.25) is 5.03 Å². The molecule has 0 N–H and O–H groups in total. The van der Waals surface area contributed by atoms with Gasteiger partial charge >= 0.3 is 75.7 Å². The Morgan fingerprint density at radius 1 is 0.400 bits per heavy atom. The Kier molecular flexibility index (Phi) is 6.22. The highest BCUT2D eigenvalue weighted by atomic mass is 28.6. The molecule has 5 aliphatic heterocycles. The van der Waals surface area contributed by atoms with Crippen molar-refractivity contribution in [2.45, 2.75) is 32.7 Å². The van der Waals surface area contributed by atoms with Gasteiger partial charge in [0.05, 0.1) is 0 Å².